The van der Waals surface area contributed by atoms with Crippen molar-refractivity contribution in [3.63, 3.8) is 0 Å². The third-order valence-corrected chi connectivity index (χ3v) is 3.65. The van der Waals surface area contributed by atoms with Gasteiger partial charge in [-0.05, 0) is 52.9 Å². The van der Waals surface area contributed by atoms with Crippen LogP contribution in [0, 0.1) is 0 Å². The minimum absolute atomic E-state index is 0.208. The second kappa shape index (κ2) is 5.78. The number of amides is 1. The Morgan fingerprint density at radius 2 is 2.08 bits per heavy atom. The number of furan rings is 1. The normalized spacial score (nSPS) is 10.9. The second-order valence-corrected chi connectivity index (χ2v) is 5.49. The molecule has 24 heavy (non-hydrogen) atoms. The van der Waals surface area contributed by atoms with Gasteiger partial charge < -0.3 is 9.73 Å². The molecule has 118 valence electrons. The molecule has 0 saturated heterocycles. The van der Waals surface area contributed by atoms with Gasteiger partial charge in [0.2, 0.25) is 0 Å². The summed E-state index contributed by atoms with van der Waals surface area (Å²) in [5.41, 5.74) is 1.94. The number of nitrogens with one attached hydrogen (secondary N) is 1. The number of carbonyl (C=O) groups excluding carboxylic acids is 1. The molecule has 2 aromatic carbocycles. The van der Waals surface area contributed by atoms with Crippen molar-refractivity contribution in [2.75, 3.05) is 5.32 Å². The van der Waals surface area contributed by atoms with Gasteiger partial charge in [-0.25, -0.2) is 4.68 Å². The summed E-state index contributed by atoms with van der Waals surface area (Å²) in [5.74, 6) is -0.142. The van der Waals surface area contributed by atoms with Crippen LogP contribution >= 0.6 is 11.6 Å². The Hall–Kier alpha value is -3.19. The summed E-state index contributed by atoms with van der Waals surface area (Å²) in [6, 6.07) is 14.0. The van der Waals surface area contributed by atoms with Gasteiger partial charge in [0.05, 0.1) is 5.69 Å². The van der Waals surface area contributed by atoms with E-state index in [1.54, 1.807) is 42.5 Å². The summed E-state index contributed by atoms with van der Waals surface area (Å²) < 4.78 is 7.05. The van der Waals surface area contributed by atoms with Crippen LogP contribution in [0.25, 0.3) is 16.7 Å². The molecule has 0 aliphatic carbocycles. The molecule has 0 fully saturated rings. The van der Waals surface area contributed by atoms with Crippen LogP contribution in [0.2, 0.25) is 5.02 Å². The third-order valence-electron chi connectivity index (χ3n) is 3.42. The van der Waals surface area contributed by atoms with Crippen LogP contribution in [0.4, 0.5) is 5.69 Å². The molecular weight excluding hydrogens is 330 g/mol. The highest BCUT2D eigenvalue weighted by Crippen LogP contribution is 2.24. The van der Waals surface area contributed by atoms with E-state index in [0.29, 0.717) is 16.3 Å². The fraction of sp³-hybridized carbons (Fsp3) is 0. The van der Waals surface area contributed by atoms with E-state index in [9.17, 15) is 4.79 Å². The van der Waals surface area contributed by atoms with Crippen molar-refractivity contribution in [3.8, 4) is 5.69 Å². The molecule has 1 N–H and O–H groups in total. The number of benzene rings is 2. The molecule has 2 aromatic heterocycles. The van der Waals surface area contributed by atoms with E-state index < -0.39 is 0 Å². The van der Waals surface area contributed by atoms with E-state index in [0.717, 1.165) is 11.1 Å². The zero-order chi connectivity index (χ0) is 16.5. The van der Waals surface area contributed by atoms with Gasteiger partial charge >= 0.3 is 0 Å². The Kier molecular flexibility index (Phi) is 3.47. The van der Waals surface area contributed by atoms with E-state index in [2.05, 4.69) is 20.8 Å². The van der Waals surface area contributed by atoms with Crippen LogP contribution < -0.4 is 5.32 Å². The number of fused-ring (bicyclic) bond motifs is 1. The summed E-state index contributed by atoms with van der Waals surface area (Å²) in [6.45, 7) is 0. The van der Waals surface area contributed by atoms with Gasteiger partial charge in [0.15, 0.2) is 5.76 Å². The number of carbonyl (C=O) groups is 1. The first-order chi connectivity index (χ1) is 11.7. The van der Waals surface area contributed by atoms with Gasteiger partial charge in [0, 0.05) is 16.1 Å². The van der Waals surface area contributed by atoms with E-state index >= 15 is 0 Å². The fourth-order valence-corrected chi connectivity index (χ4v) is 2.51. The Bertz CT molecular complexity index is 1030. The van der Waals surface area contributed by atoms with Crippen molar-refractivity contribution in [2.45, 2.75) is 0 Å². The Balaban J connectivity index is 1.60. The van der Waals surface area contributed by atoms with Crippen molar-refractivity contribution < 1.29 is 9.21 Å². The predicted molar refractivity (Wildman–Crippen MR) is 88.3 cm³/mol. The maximum atomic E-state index is 12.4. The van der Waals surface area contributed by atoms with Crippen molar-refractivity contribution in [2.24, 2.45) is 0 Å². The van der Waals surface area contributed by atoms with Gasteiger partial charge in [-0.3, -0.25) is 4.79 Å². The van der Waals surface area contributed by atoms with Crippen LogP contribution in [-0.4, -0.2) is 26.1 Å². The molecule has 0 unspecified atom stereocenters. The largest absolute Gasteiger partial charge is 0.451 e. The quantitative estimate of drug-likeness (QED) is 0.619. The average Bonchev–Trinajstić information content (AvgIpc) is 3.24. The number of aromatic nitrogens is 4. The lowest BCUT2D eigenvalue weighted by atomic mass is 10.2. The van der Waals surface area contributed by atoms with E-state index in [4.69, 9.17) is 16.0 Å². The SMILES string of the molecule is O=C(Nc1cccc(-n2cnnn2)c1)c1cc2cc(Cl)ccc2o1. The van der Waals surface area contributed by atoms with Crippen molar-refractivity contribution in [1.29, 1.82) is 0 Å². The molecule has 0 atom stereocenters. The Morgan fingerprint density at radius 1 is 1.17 bits per heavy atom. The molecule has 0 radical (unpaired) electrons. The minimum Gasteiger partial charge on any atom is -0.451 e. The maximum Gasteiger partial charge on any atom is 0.291 e. The maximum absolute atomic E-state index is 12.4. The lowest BCUT2D eigenvalue weighted by Crippen LogP contribution is -2.11. The first-order valence-corrected chi connectivity index (χ1v) is 7.41. The average molecular weight is 340 g/mol. The van der Waals surface area contributed by atoms with Crippen LogP contribution in [0.1, 0.15) is 10.6 Å². The van der Waals surface area contributed by atoms with Crippen LogP contribution in [-0.2, 0) is 0 Å². The van der Waals surface area contributed by atoms with E-state index in [-0.39, 0.29) is 11.7 Å². The molecule has 0 saturated carbocycles. The van der Waals surface area contributed by atoms with E-state index in [1.807, 2.05) is 6.07 Å². The number of hydrogen-bond acceptors (Lipinski definition) is 5. The molecule has 4 aromatic rings. The number of rotatable bonds is 3. The Morgan fingerprint density at radius 3 is 2.92 bits per heavy atom. The van der Waals surface area contributed by atoms with E-state index in [1.165, 1.54) is 11.0 Å². The first-order valence-electron chi connectivity index (χ1n) is 7.03. The van der Waals surface area contributed by atoms with Gasteiger partial charge in [0.1, 0.15) is 11.9 Å². The number of nitrogens with zero attached hydrogens (tertiary/aromatic N) is 4. The smallest absolute Gasteiger partial charge is 0.291 e. The molecule has 0 spiro atoms. The molecule has 1 amide bonds. The Labute approximate surface area is 140 Å². The summed E-state index contributed by atoms with van der Waals surface area (Å²) in [7, 11) is 0. The topological polar surface area (TPSA) is 85.8 Å². The molecule has 0 aliphatic heterocycles. The van der Waals surface area contributed by atoms with Crippen molar-refractivity contribution in [3.05, 3.63) is 65.6 Å². The minimum atomic E-state index is -0.351. The fourth-order valence-electron chi connectivity index (χ4n) is 2.32. The zero-order valence-electron chi connectivity index (χ0n) is 12.2. The standard InChI is InChI=1S/C16H10ClN5O2/c17-11-4-5-14-10(6-11)7-15(24-14)16(23)19-12-2-1-3-13(8-12)22-9-18-20-21-22/h1-9H,(H,19,23). The van der Waals surface area contributed by atoms with Crippen LogP contribution in [0.5, 0.6) is 0 Å². The summed E-state index contributed by atoms with van der Waals surface area (Å²) in [6.07, 6.45) is 1.48. The van der Waals surface area contributed by atoms with Gasteiger partial charge in [-0.15, -0.1) is 5.10 Å². The summed E-state index contributed by atoms with van der Waals surface area (Å²) in [5, 5.41) is 15.1. The number of halogens is 1. The van der Waals surface area contributed by atoms with Crippen LogP contribution in [0.3, 0.4) is 0 Å². The van der Waals surface area contributed by atoms with Gasteiger partial charge in [-0.2, -0.15) is 0 Å². The second-order valence-electron chi connectivity index (χ2n) is 5.05. The summed E-state index contributed by atoms with van der Waals surface area (Å²) in [4.78, 5) is 12.4. The van der Waals surface area contributed by atoms with Gasteiger partial charge in [-0.1, -0.05) is 17.7 Å². The van der Waals surface area contributed by atoms with Crippen molar-refractivity contribution >= 4 is 34.2 Å². The highest BCUT2D eigenvalue weighted by molar-refractivity contribution is 6.31. The third kappa shape index (κ3) is 2.72. The summed E-state index contributed by atoms with van der Waals surface area (Å²) >= 11 is 5.94. The molecule has 7 nitrogen and oxygen atoms in total. The molecule has 2 heterocycles. The molecule has 8 heteroatoms. The highest BCUT2D eigenvalue weighted by atomic mass is 35.5. The molecule has 0 bridgehead atoms. The first kappa shape index (κ1) is 14.4. The van der Waals surface area contributed by atoms with Gasteiger partial charge in [0.25, 0.3) is 5.91 Å². The number of hydrogen-bond donors (Lipinski definition) is 1. The highest BCUT2D eigenvalue weighted by Gasteiger charge is 2.13. The lowest BCUT2D eigenvalue weighted by molar-refractivity contribution is 0.0998. The zero-order valence-corrected chi connectivity index (χ0v) is 12.9. The monoisotopic (exact) mass is 339 g/mol. The predicted octanol–water partition coefficient (Wildman–Crippen LogP) is 3.31. The molecule has 0 aliphatic rings. The number of tetrazole rings is 1. The lowest BCUT2D eigenvalue weighted by Gasteiger charge is -2.05. The number of anilines is 1. The van der Waals surface area contributed by atoms with Crippen LogP contribution in [0.15, 0.2) is 59.3 Å². The molecular formula is C16H10ClN5O2. The van der Waals surface area contributed by atoms with Crippen molar-refractivity contribution in [1.82, 2.24) is 20.2 Å². The molecule has 4 rings (SSSR count).